The van der Waals surface area contributed by atoms with E-state index in [1.54, 1.807) is 12.3 Å². The second-order valence-corrected chi connectivity index (χ2v) is 11.1. The van der Waals surface area contributed by atoms with Gasteiger partial charge < -0.3 is 5.32 Å². The van der Waals surface area contributed by atoms with Crippen LogP contribution < -0.4 is 5.32 Å². The molecule has 2 atom stereocenters. The molecule has 212 valence electrons. The molecule has 41 heavy (non-hydrogen) atoms. The number of hydrogen-bond donors (Lipinski definition) is 1. The van der Waals surface area contributed by atoms with E-state index in [-0.39, 0.29) is 0 Å². The molecule has 6 rings (SSSR count). The molecule has 1 saturated carbocycles. The van der Waals surface area contributed by atoms with Gasteiger partial charge in [0, 0.05) is 29.4 Å². The molecule has 2 aliphatic rings. The molecule has 0 amide bonds. The van der Waals surface area contributed by atoms with Crippen molar-refractivity contribution in [3.8, 4) is 11.4 Å². The van der Waals surface area contributed by atoms with E-state index in [1.807, 2.05) is 18.5 Å². The average molecular weight is 559 g/mol. The number of pyridine rings is 3. The van der Waals surface area contributed by atoms with E-state index < -0.39 is 23.3 Å². The summed E-state index contributed by atoms with van der Waals surface area (Å²) < 4.78 is 41.2. The van der Waals surface area contributed by atoms with Crippen LogP contribution in [0.4, 0.5) is 13.2 Å². The maximum absolute atomic E-state index is 14.1. The third kappa shape index (κ3) is 5.86. The van der Waals surface area contributed by atoms with Gasteiger partial charge in [-0.15, -0.1) is 0 Å². The number of piperidine rings is 1. The quantitative estimate of drug-likeness (QED) is 0.237. The maximum Gasteiger partial charge on any atom is 0.216 e. The zero-order valence-electron chi connectivity index (χ0n) is 23.1. The smallest absolute Gasteiger partial charge is 0.216 e. The van der Waals surface area contributed by atoms with Crippen LogP contribution in [-0.4, -0.2) is 38.0 Å². The lowest BCUT2D eigenvalue weighted by molar-refractivity contribution is 0.234. The van der Waals surface area contributed by atoms with Crippen LogP contribution in [0.5, 0.6) is 0 Å². The van der Waals surface area contributed by atoms with Gasteiger partial charge in [0.05, 0.1) is 23.1 Å². The molecule has 9 heteroatoms. The monoisotopic (exact) mass is 558 g/mol. The number of aryl methyl sites for hydroxylation is 1. The number of nitrogens with zero attached hydrogens (tertiary/aromatic N) is 5. The molecule has 4 aromatic heterocycles. The first kappa shape index (κ1) is 27.4. The van der Waals surface area contributed by atoms with Crippen LogP contribution in [0.2, 0.25) is 0 Å². The van der Waals surface area contributed by atoms with Crippen molar-refractivity contribution in [2.45, 2.75) is 57.8 Å². The summed E-state index contributed by atoms with van der Waals surface area (Å²) in [4.78, 5) is 22.4. The van der Waals surface area contributed by atoms with Crippen molar-refractivity contribution in [3.05, 3.63) is 77.0 Å². The third-order valence-electron chi connectivity index (χ3n) is 8.66. The highest BCUT2D eigenvalue weighted by molar-refractivity contribution is 5.86. The van der Waals surface area contributed by atoms with Crippen molar-refractivity contribution in [3.63, 3.8) is 0 Å². The number of nitrogens with one attached hydrogen (secondary N) is 1. The van der Waals surface area contributed by atoms with Crippen molar-refractivity contribution >= 4 is 23.1 Å². The van der Waals surface area contributed by atoms with E-state index in [2.05, 4.69) is 27.2 Å². The summed E-state index contributed by atoms with van der Waals surface area (Å²) >= 11 is 0. The van der Waals surface area contributed by atoms with E-state index in [0.717, 1.165) is 48.1 Å². The number of hydrogen-bond acceptors (Lipinski definition) is 6. The zero-order valence-corrected chi connectivity index (χ0v) is 23.1. The van der Waals surface area contributed by atoms with Gasteiger partial charge >= 0.3 is 0 Å². The minimum absolute atomic E-state index is 0.416. The Hall–Kier alpha value is -3.72. The van der Waals surface area contributed by atoms with E-state index in [0.29, 0.717) is 35.3 Å². The van der Waals surface area contributed by atoms with Gasteiger partial charge in [0.2, 0.25) is 5.95 Å². The van der Waals surface area contributed by atoms with Gasteiger partial charge in [-0.25, -0.2) is 23.7 Å². The second-order valence-electron chi connectivity index (χ2n) is 11.1. The van der Waals surface area contributed by atoms with Gasteiger partial charge in [-0.05, 0) is 92.8 Å². The Bertz CT molecular complexity index is 1590. The molecule has 2 fully saturated rings. The predicted molar refractivity (Wildman–Crippen MR) is 153 cm³/mol. The summed E-state index contributed by atoms with van der Waals surface area (Å²) in [6.45, 7) is 4.40. The normalized spacial score (nSPS) is 19.6. The van der Waals surface area contributed by atoms with Gasteiger partial charge in [-0.1, -0.05) is 19.8 Å². The Morgan fingerprint density at radius 2 is 1.88 bits per heavy atom. The van der Waals surface area contributed by atoms with Crippen LogP contribution in [0.25, 0.3) is 34.4 Å². The molecule has 0 radical (unpaired) electrons. The molecule has 1 aliphatic heterocycles. The van der Waals surface area contributed by atoms with Crippen LogP contribution in [0.3, 0.4) is 0 Å². The van der Waals surface area contributed by atoms with Gasteiger partial charge in [0.1, 0.15) is 5.69 Å². The topological polar surface area (TPSA) is 76.5 Å². The Labute approximate surface area is 237 Å². The van der Waals surface area contributed by atoms with Crippen molar-refractivity contribution < 1.29 is 13.2 Å². The van der Waals surface area contributed by atoms with Crippen LogP contribution >= 0.6 is 0 Å². The summed E-state index contributed by atoms with van der Waals surface area (Å²) in [6.07, 6.45) is 16.0. The molecule has 0 bridgehead atoms. The molecule has 0 spiro atoms. The van der Waals surface area contributed by atoms with Gasteiger partial charge in [-0.3, -0.25) is 9.97 Å². The lowest BCUT2D eigenvalue weighted by Gasteiger charge is -2.32. The van der Waals surface area contributed by atoms with Gasteiger partial charge in [0.25, 0.3) is 0 Å². The lowest BCUT2D eigenvalue weighted by Crippen LogP contribution is -2.36. The summed E-state index contributed by atoms with van der Waals surface area (Å²) in [7, 11) is 0. The number of aromatic nitrogens is 5. The predicted octanol–water partition coefficient (Wildman–Crippen LogP) is 6.91. The Morgan fingerprint density at radius 1 is 1.00 bits per heavy atom. The first-order valence-electron chi connectivity index (χ1n) is 14.5. The zero-order chi connectivity index (χ0) is 28.3. The van der Waals surface area contributed by atoms with Crippen molar-refractivity contribution in [1.29, 1.82) is 0 Å². The van der Waals surface area contributed by atoms with Crippen molar-refractivity contribution in [2.75, 3.05) is 13.1 Å². The molecule has 5 heterocycles. The number of fused-ring (bicyclic) bond motifs is 1. The molecule has 1 N–H and O–H groups in total. The van der Waals surface area contributed by atoms with Gasteiger partial charge in [0.15, 0.2) is 17.5 Å². The fraction of sp³-hybridized carbons (Fsp3) is 0.406. The fourth-order valence-corrected chi connectivity index (χ4v) is 6.12. The van der Waals surface area contributed by atoms with Gasteiger partial charge in [-0.2, -0.15) is 4.39 Å². The van der Waals surface area contributed by atoms with E-state index >= 15 is 0 Å². The third-order valence-corrected chi connectivity index (χ3v) is 8.66. The molecular formula is C32H33F3N6. The van der Waals surface area contributed by atoms with E-state index in [9.17, 15) is 13.2 Å². The molecular weight excluding hydrogens is 525 g/mol. The largest absolute Gasteiger partial charge is 0.316 e. The van der Waals surface area contributed by atoms with Crippen molar-refractivity contribution in [1.82, 2.24) is 30.2 Å². The first-order chi connectivity index (χ1) is 20.0. The lowest BCUT2D eigenvalue weighted by atomic mass is 9.78. The Kier molecular flexibility index (Phi) is 8.05. The van der Waals surface area contributed by atoms with Crippen LogP contribution in [-0.2, 0) is 6.42 Å². The minimum Gasteiger partial charge on any atom is -0.316 e. The van der Waals surface area contributed by atoms with Crippen LogP contribution in [0, 0.1) is 29.4 Å². The highest BCUT2D eigenvalue weighted by atomic mass is 19.2. The molecule has 4 aromatic rings. The van der Waals surface area contributed by atoms with E-state index in [4.69, 9.17) is 9.97 Å². The summed E-state index contributed by atoms with van der Waals surface area (Å²) in [5, 5.41) is 4.68. The molecule has 6 nitrogen and oxygen atoms in total. The standard InChI is InChI=1S/C32H33F3N6/c1-2-19-16-36-12-10-20(19)6-8-26-30-24(21-4-3-5-21)17-37-18-28(30)41-32(40-26)22-11-13-38-23(14-22)7-9-27-31(35)25(33)15-29(34)39-27/h7,9,11,13-15,17-21,36H,2-6,8,10,12,16H2,1H3. The maximum atomic E-state index is 14.1. The second kappa shape index (κ2) is 12.0. The number of halogens is 3. The Morgan fingerprint density at radius 3 is 2.68 bits per heavy atom. The highest BCUT2D eigenvalue weighted by Crippen LogP contribution is 2.40. The Balaban J connectivity index is 1.36. The molecule has 1 saturated heterocycles. The van der Waals surface area contributed by atoms with E-state index in [1.165, 1.54) is 49.8 Å². The van der Waals surface area contributed by atoms with Crippen LogP contribution in [0.15, 0.2) is 36.8 Å². The summed E-state index contributed by atoms with van der Waals surface area (Å²) in [5.74, 6) is -1.20. The molecule has 1 aliphatic carbocycles. The number of rotatable bonds is 8. The van der Waals surface area contributed by atoms with Crippen molar-refractivity contribution in [2.24, 2.45) is 11.8 Å². The summed E-state index contributed by atoms with van der Waals surface area (Å²) in [5.41, 5.74) is 3.91. The average Bonchev–Trinajstić information content (AvgIpc) is 2.96. The first-order valence-corrected chi connectivity index (χ1v) is 14.5. The fourth-order valence-electron chi connectivity index (χ4n) is 6.12. The minimum atomic E-state index is -1.29. The molecule has 2 unspecified atom stereocenters. The summed E-state index contributed by atoms with van der Waals surface area (Å²) in [6, 6.07) is 4.02. The van der Waals surface area contributed by atoms with Crippen LogP contribution in [0.1, 0.15) is 74.0 Å². The molecule has 0 aromatic carbocycles. The highest BCUT2D eigenvalue weighted by Gasteiger charge is 2.27. The SMILES string of the molecule is CCC1CNCCC1CCc1nc(-c2ccnc(C=Cc3nc(F)cc(F)c3F)c2)nc2cncc(C3CCC3)c12.